The SMILES string of the molecule is COCCN(CC(=O)O)C(=O)c1ccn(-c2cccc([N+](=O)[O-])c2)n1. The summed E-state index contributed by atoms with van der Waals surface area (Å²) in [5.41, 5.74) is 0.340. The van der Waals surface area contributed by atoms with Gasteiger partial charge in [-0.2, -0.15) is 5.10 Å². The van der Waals surface area contributed by atoms with Gasteiger partial charge >= 0.3 is 5.97 Å². The van der Waals surface area contributed by atoms with Gasteiger partial charge in [0, 0.05) is 32.0 Å². The van der Waals surface area contributed by atoms with Crippen LogP contribution in [0.5, 0.6) is 0 Å². The number of nitro benzene ring substituents is 1. The fourth-order valence-corrected chi connectivity index (χ4v) is 2.11. The van der Waals surface area contributed by atoms with Crippen molar-refractivity contribution in [3.05, 3.63) is 52.3 Å². The molecule has 0 aliphatic carbocycles. The first-order valence-electron chi connectivity index (χ1n) is 7.23. The summed E-state index contributed by atoms with van der Waals surface area (Å²) in [6, 6.07) is 7.20. The molecule has 0 atom stereocenters. The molecule has 0 aliphatic rings. The second kappa shape index (κ2) is 8.02. The molecule has 0 saturated heterocycles. The van der Waals surface area contributed by atoms with Crippen molar-refractivity contribution in [3.63, 3.8) is 0 Å². The van der Waals surface area contributed by atoms with Crippen molar-refractivity contribution >= 4 is 17.6 Å². The van der Waals surface area contributed by atoms with E-state index in [-0.39, 0.29) is 24.5 Å². The summed E-state index contributed by atoms with van der Waals surface area (Å²) in [4.78, 5) is 34.8. The van der Waals surface area contributed by atoms with Crippen LogP contribution in [0.15, 0.2) is 36.5 Å². The Kier molecular flexibility index (Phi) is 5.79. The molecule has 1 N–H and O–H groups in total. The van der Waals surface area contributed by atoms with Crippen LogP contribution < -0.4 is 0 Å². The average molecular weight is 348 g/mol. The van der Waals surface area contributed by atoms with E-state index in [4.69, 9.17) is 9.84 Å². The van der Waals surface area contributed by atoms with Gasteiger partial charge in [-0.05, 0) is 12.1 Å². The van der Waals surface area contributed by atoms with Crippen LogP contribution in [0.1, 0.15) is 10.5 Å². The van der Waals surface area contributed by atoms with E-state index in [0.717, 1.165) is 4.90 Å². The summed E-state index contributed by atoms with van der Waals surface area (Å²) in [6.45, 7) is -0.193. The van der Waals surface area contributed by atoms with Crippen molar-refractivity contribution in [3.8, 4) is 5.69 Å². The number of carboxylic acid groups (broad SMARTS) is 1. The maximum absolute atomic E-state index is 12.4. The number of benzene rings is 1. The van der Waals surface area contributed by atoms with E-state index in [9.17, 15) is 19.7 Å². The van der Waals surface area contributed by atoms with Crippen LogP contribution in [-0.4, -0.2) is 63.4 Å². The molecular weight excluding hydrogens is 332 g/mol. The van der Waals surface area contributed by atoms with Gasteiger partial charge in [0.05, 0.1) is 17.2 Å². The number of hydrogen-bond acceptors (Lipinski definition) is 6. The number of rotatable bonds is 8. The first-order valence-corrected chi connectivity index (χ1v) is 7.23. The molecule has 0 bridgehead atoms. The molecule has 1 aromatic heterocycles. The van der Waals surface area contributed by atoms with Gasteiger partial charge in [0.15, 0.2) is 5.69 Å². The van der Waals surface area contributed by atoms with Gasteiger partial charge in [0.25, 0.3) is 11.6 Å². The molecule has 0 saturated carbocycles. The molecule has 2 aromatic rings. The molecular formula is C15H16N4O6. The number of hydrogen-bond donors (Lipinski definition) is 1. The van der Waals surface area contributed by atoms with Gasteiger partial charge in [0.2, 0.25) is 0 Å². The standard InChI is InChI=1S/C15H16N4O6/c1-25-8-7-17(10-14(20)21)15(22)13-5-6-18(16-13)11-3-2-4-12(9-11)19(23)24/h2-6,9H,7-8,10H2,1H3,(H,20,21). The predicted molar refractivity (Wildman–Crippen MR) is 85.6 cm³/mol. The molecule has 0 aliphatic heterocycles. The number of carbonyl (C=O) groups excluding carboxylic acids is 1. The molecule has 0 radical (unpaired) electrons. The van der Waals surface area contributed by atoms with Crippen LogP contribution in [0.4, 0.5) is 5.69 Å². The van der Waals surface area contributed by atoms with Crippen LogP contribution >= 0.6 is 0 Å². The highest BCUT2D eigenvalue weighted by Crippen LogP contribution is 2.16. The van der Waals surface area contributed by atoms with Crippen LogP contribution in [0.3, 0.4) is 0 Å². The molecule has 10 heteroatoms. The molecule has 1 amide bonds. The Balaban J connectivity index is 2.23. The predicted octanol–water partition coefficient (Wildman–Crippen LogP) is 0.954. The van der Waals surface area contributed by atoms with Gasteiger partial charge in [0.1, 0.15) is 6.54 Å². The van der Waals surface area contributed by atoms with Gasteiger partial charge in [-0.15, -0.1) is 0 Å². The zero-order chi connectivity index (χ0) is 18.4. The minimum atomic E-state index is -1.15. The maximum atomic E-state index is 12.4. The number of ether oxygens (including phenoxy) is 1. The number of amides is 1. The Morgan fingerprint density at radius 3 is 2.80 bits per heavy atom. The second-order valence-electron chi connectivity index (χ2n) is 5.04. The van der Waals surface area contributed by atoms with Crippen molar-refractivity contribution in [1.29, 1.82) is 0 Å². The number of carbonyl (C=O) groups is 2. The van der Waals surface area contributed by atoms with Crippen molar-refractivity contribution in [2.75, 3.05) is 26.8 Å². The van der Waals surface area contributed by atoms with E-state index < -0.39 is 23.3 Å². The molecule has 1 aromatic carbocycles. The van der Waals surface area contributed by atoms with Crippen molar-refractivity contribution in [1.82, 2.24) is 14.7 Å². The monoisotopic (exact) mass is 348 g/mol. The molecule has 1 heterocycles. The third kappa shape index (κ3) is 4.61. The van der Waals surface area contributed by atoms with E-state index in [1.165, 1.54) is 42.3 Å². The fourth-order valence-electron chi connectivity index (χ4n) is 2.11. The second-order valence-corrected chi connectivity index (χ2v) is 5.04. The molecule has 0 fully saturated rings. The van der Waals surface area contributed by atoms with Crippen molar-refractivity contribution < 1.29 is 24.4 Å². The largest absolute Gasteiger partial charge is 0.480 e. The third-order valence-electron chi connectivity index (χ3n) is 3.29. The summed E-state index contributed by atoms with van der Waals surface area (Å²) in [6.07, 6.45) is 1.47. The third-order valence-corrected chi connectivity index (χ3v) is 3.29. The topological polar surface area (TPSA) is 128 Å². The minimum absolute atomic E-state index is 0.0314. The fraction of sp³-hybridized carbons (Fsp3) is 0.267. The van der Waals surface area contributed by atoms with E-state index in [1.54, 1.807) is 6.07 Å². The summed E-state index contributed by atoms with van der Waals surface area (Å²) < 4.78 is 6.19. The normalized spacial score (nSPS) is 10.4. The van der Waals surface area contributed by atoms with E-state index in [1.807, 2.05) is 0 Å². The lowest BCUT2D eigenvalue weighted by atomic mass is 10.3. The Hall–Kier alpha value is -3.27. The molecule has 0 unspecified atom stereocenters. The number of carboxylic acids is 1. The van der Waals surface area contributed by atoms with E-state index in [0.29, 0.717) is 5.69 Å². The highest BCUT2D eigenvalue weighted by atomic mass is 16.6. The Labute approximate surface area is 142 Å². The molecule has 25 heavy (non-hydrogen) atoms. The quantitative estimate of drug-likeness (QED) is 0.555. The Morgan fingerprint density at radius 2 is 2.16 bits per heavy atom. The number of non-ortho nitro benzene ring substituents is 1. The van der Waals surface area contributed by atoms with E-state index >= 15 is 0 Å². The molecule has 10 nitrogen and oxygen atoms in total. The lowest BCUT2D eigenvalue weighted by Crippen LogP contribution is -2.38. The Morgan fingerprint density at radius 1 is 1.40 bits per heavy atom. The number of nitro groups is 1. The first kappa shape index (κ1) is 18.1. The lowest BCUT2D eigenvalue weighted by molar-refractivity contribution is -0.384. The van der Waals surface area contributed by atoms with Crippen molar-refractivity contribution in [2.24, 2.45) is 0 Å². The van der Waals surface area contributed by atoms with Crippen LogP contribution in [0.2, 0.25) is 0 Å². The molecule has 132 valence electrons. The summed E-state index contributed by atoms with van der Waals surface area (Å²) >= 11 is 0. The minimum Gasteiger partial charge on any atom is -0.480 e. The zero-order valence-corrected chi connectivity index (χ0v) is 13.4. The molecule has 2 rings (SSSR count). The van der Waals surface area contributed by atoms with E-state index in [2.05, 4.69) is 5.10 Å². The smallest absolute Gasteiger partial charge is 0.323 e. The number of aliphatic carboxylic acids is 1. The van der Waals surface area contributed by atoms with Gasteiger partial charge in [-0.25, -0.2) is 4.68 Å². The molecule has 0 spiro atoms. The van der Waals surface area contributed by atoms with Crippen LogP contribution in [-0.2, 0) is 9.53 Å². The van der Waals surface area contributed by atoms with Gasteiger partial charge in [-0.3, -0.25) is 19.7 Å². The Bertz CT molecular complexity index is 788. The van der Waals surface area contributed by atoms with Crippen LogP contribution in [0.25, 0.3) is 5.69 Å². The number of aromatic nitrogens is 2. The van der Waals surface area contributed by atoms with Gasteiger partial charge < -0.3 is 14.7 Å². The summed E-state index contributed by atoms with van der Waals surface area (Å²) in [7, 11) is 1.44. The highest BCUT2D eigenvalue weighted by Gasteiger charge is 2.21. The number of nitrogens with zero attached hydrogens (tertiary/aromatic N) is 4. The summed E-state index contributed by atoms with van der Waals surface area (Å²) in [5, 5.41) is 23.8. The lowest BCUT2D eigenvalue weighted by Gasteiger charge is -2.18. The summed E-state index contributed by atoms with van der Waals surface area (Å²) in [5.74, 6) is -1.72. The van der Waals surface area contributed by atoms with Crippen molar-refractivity contribution in [2.45, 2.75) is 0 Å². The highest BCUT2D eigenvalue weighted by molar-refractivity contribution is 5.94. The average Bonchev–Trinajstić information content (AvgIpc) is 3.07. The van der Waals surface area contributed by atoms with Gasteiger partial charge in [-0.1, -0.05) is 6.07 Å². The first-order chi connectivity index (χ1) is 11.9. The van der Waals surface area contributed by atoms with Crippen LogP contribution in [0, 0.1) is 10.1 Å². The number of methoxy groups -OCH3 is 1. The maximum Gasteiger partial charge on any atom is 0.323 e. The zero-order valence-electron chi connectivity index (χ0n) is 13.4.